The van der Waals surface area contributed by atoms with Crippen molar-refractivity contribution in [3.05, 3.63) is 22.8 Å². The number of amidine groups is 1. The average molecular weight is 298 g/mol. The molecule has 3 unspecified atom stereocenters. The SMILES string of the molecule is CC1CCC(Oc2nccc(/C(N)=N/O)c2Cl)CC1C. The van der Waals surface area contributed by atoms with Crippen LogP contribution in [0.1, 0.15) is 38.7 Å². The third-order valence-corrected chi connectivity index (χ3v) is 4.43. The minimum Gasteiger partial charge on any atom is -0.473 e. The molecule has 1 saturated carbocycles. The van der Waals surface area contributed by atoms with Crippen molar-refractivity contribution in [3.8, 4) is 5.88 Å². The fourth-order valence-corrected chi connectivity index (χ4v) is 2.77. The van der Waals surface area contributed by atoms with Gasteiger partial charge in [-0.1, -0.05) is 30.6 Å². The molecular formula is C14H20ClN3O2. The van der Waals surface area contributed by atoms with E-state index >= 15 is 0 Å². The molecule has 1 aromatic heterocycles. The molecule has 6 heteroatoms. The molecule has 3 atom stereocenters. The largest absolute Gasteiger partial charge is 0.473 e. The van der Waals surface area contributed by atoms with Crippen LogP contribution in [0.4, 0.5) is 0 Å². The van der Waals surface area contributed by atoms with E-state index in [0.29, 0.717) is 17.4 Å². The number of nitrogens with zero attached hydrogens (tertiary/aromatic N) is 2. The van der Waals surface area contributed by atoms with Gasteiger partial charge >= 0.3 is 0 Å². The van der Waals surface area contributed by atoms with E-state index in [4.69, 9.17) is 27.3 Å². The van der Waals surface area contributed by atoms with Crippen LogP contribution in [0.3, 0.4) is 0 Å². The Kier molecular flexibility index (Phi) is 4.70. The lowest BCUT2D eigenvalue weighted by atomic mass is 9.80. The van der Waals surface area contributed by atoms with Crippen LogP contribution in [0.15, 0.2) is 17.4 Å². The fraction of sp³-hybridized carbons (Fsp3) is 0.571. The van der Waals surface area contributed by atoms with Crippen LogP contribution in [0.25, 0.3) is 0 Å². The summed E-state index contributed by atoms with van der Waals surface area (Å²) in [7, 11) is 0. The molecular weight excluding hydrogens is 278 g/mol. The molecule has 3 N–H and O–H groups in total. The van der Waals surface area contributed by atoms with Crippen molar-refractivity contribution in [2.45, 2.75) is 39.2 Å². The number of pyridine rings is 1. The second-order valence-electron chi connectivity index (χ2n) is 5.47. The van der Waals surface area contributed by atoms with Gasteiger partial charge in [-0.05, 0) is 37.2 Å². The molecule has 0 radical (unpaired) electrons. The fourth-order valence-electron chi connectivity index (χ4n) is 2.52. The zero-order chi connectivity index (χ0) is 14.7. The Balaban J connectivity index is 2.14. The van der Waals surface area contributed by atoms with Gasteiger partial charge in [0.2, 0.25) is 5.88 Å². The third-order valence-electron chi connectivity index (χ3n) is 4.07. The molecule has 0 saturated heterocycles. The summed E-state index contributed by atoms with van der Waals surface area (Å²) in [6, 6.07) is 1.59. The van der Waals surface area contributed by atoms with Gasteiger partial charge in [0.25, 0.3) is 0 Å². The van der Waals surface area contributed by atoms with Gasteiger partial charge in [0.15, 0.2) is 5.84 Å². The van der Waals surface area contributed by atoms with E-state index < -0.39 is 0 Å². The summed E-state index contributed by atoms with van der Waals surface area (Å²) in [5, 5.41) is 12.0. The number of oxime groups is 1. The van der Waals surface area contributed by atoms with Crippen molar-refractivity contribution in [1.29, 1.82) is 0 Å². The summed E-state index contributed by atoms with van der Waals surface area (Å²) in [6.07, 6.45) is 4.80. The smallest absolute Gasteiger partial charge is 0.233 e. The van der Waals surface area contributed by atoms with E-state index in [2.05, 4.69) is 24.0 Å². The average Bonchev–Trinajstić information content (AvgIpc) is 2.44. The van der Waals surface area contributed by atoms with Crippen molar-refractivity contribution >= 4 is 17.4 Å². The Labute approximate surface area is 123 Å². The van der Waals surface area contributed by atoms with Gasteiger partial charge in [-0.15, -0.1) is 0 Å². The maximum absolute atomic E-state index is 8.73. The van der Waals surface area contributed by atoms with E-state index in [1.165, 1.54) is 0 Å². The molecule has 0 aliphatic heterocycles. The van der Waals surface area contributed by atoms with Gasteiger partial charge in [0.1, 0.15) is 11.1 Å². The van der Waals surface area contributed by atoms with Crippen molar-refractivity contribution in [2.75, 3.05) is 0 Å². The molecule has 110 valence electrons. The van der Waals surface area contributed by atoms with Gasteiger partial charge in [-0.3, -0.25) is 0 Å². The molecule has 5 nitrogen and oxygen atoms in total. The predicted molar refractivity (Wildman–Crippen MR) is 78.4 cm³/mol. The molecule has 0 bridgehead atoms. The summed E-state index contributed by atoms with van der Waals surface area (Å²) >= 11 is 6.21. The van der Waals surface area contributed by atoms with Crippen molar-refractivity contribution in [1.82, 2.24) is 4.98 Å². The highest BCUT2D eigenvalue weighted by atomic mass is 35.5. The summed E-state index contributed by atoms with van der Waals surface area (Å²) in [6.45, 7) is 4.51. The van der Waals surface area contributed by atoms with E-state index in [-0.39, 0.29) is 17.0 Å². The summed E-state index contributed by atoms with van der Waals surface area (Å²) < 4.78 is 5.90. The number of hydrogen-bond acceptors (Lipinski definition) is 4. The van der Waals surface area contributed by atoms with Crippen molar-refractivity contribution in [3.63, 3.8) is 0 Å². The maximum atomic E-state index is 8.73. The monoisotopic (exact) mass is 297 g/mol. The van der Waals surface area contributed by atoms with Crippen LogP contribution >= 0.6 is 11.6 Å². The lowest BCUT2D eigenvalue weighted by molar-refractivity contribution is 0.0965. The molecule has 0 aromatic carbocycles. The number of rotatable bonds is 3. The topological polar surface area (TPSA) is 80.7 Å². The number of nitrogens with two attached hydrogens (primary N) is 1. The normalized spacial score (nSPS) is 27.4. The van der Waals surface area contributed by atoms with Crippen LogP contribution in [0.5, 0.6) is 5.88 Å². The molecule has 1 heterocycles. The van der Waals surface area contributed by atoms with Gasteiger partial charge in [0, 0.05) is 11.8 Å². The molecule has 1 fully saturated rings. The van der Waals surface area contributed by atoms with Crippen molar-refractivity contribution in [2.24, 2.45) is 22.7 Å². The number of ether oxygens (including phenoxy) is 1. The van der Waals surface area contributed by atoms with E-state index in [0.717, 1.165) is 25.2 Å². The van der Waals surface area contributed by atoms with Gasteiger partial charge in [-0.2, -0.15) is 0 Å². The lowest BCUT2D eigenvalue weighted by Crippen LogP contribution is -2.29. The van der Waals surface area contributed by atoms with Crippen LogP contribution in [0.2, 0.25) is 5.02 Å². The third kappa shape index (κ3) is 3.15. The Morgan fingerprint density at radius 1 is 1.45 bits per heavy atom. The van der Waals surface area contributed by atoms with E-state index in [1.807, 2.05) is 0 Å². The molecule has 20 heavy (non-hydrogen) atoms. The van der Waals surface area contributed by atoms with E-state index in [1.54, 1.807) is 12.3 Å². The minimum atomic E-state index is -0.0483. The molecule has 1 aliphatic carbocycles. The first kappa shape index (κ1) is 14.9. The van der Waals surface area contributed by atoms with Crippen LogP contribution < -0.4 is 10.5 Å². The Morgan fingerprint density at radius 3 is 2.85 bits per heavy atom. The molecule has 1 aromatic rings. The van der Waals surface area contributed by atoms with Crippen LogP contribution in [-0.4, -0.2) is 22.1 Å². The van der Waals surface area contributed by atoms with Crippen molar-refractivity contribution < 1.29 is 9.94 Å². The highest BCUT2D eigenvalue weighted by Gasteiger charge is 2.27. The zero-order valence-corrected chi connectivity index (χ0v) is 12.5. The molecule has 0 spiro atoms. The zero-order valence-electron chi connectivity index (χ0n) is 11.7. The number of hydrogen-bond donors (Lipinski definition) is 2. The molecule has 1 aliphatic rings. The first-order valence-electron chi connectivity index (χ1n) is 6.82. The highest BCUT2D eigenvalue weighted by molar-refractivity contribution is 6.35. The van der Waals surface area contributed by atoms with Gasteiger partial charge in [-0.25, -0.2) is 4.98 Å². The summed E-state index contributed by atoms with van der Waals surface area (Å²) in [4.78, 5) is 4.15. The summed E-state index contributed by atoms with van der Waals surface area (Å²) in [5.74, 6) is 1.65. The lowest BCUT2D eigenvalue weighted by Gasteiger charge is -2.32. The Morgan fingerprint density at radius 2 is 2.20 bits per heavy atom. The van der Waals surface area contributed by atoms with Gasteiger partial charge in [0.05, 0.1) is 0 Å². The Hall–Kier alpha value is -1.49. The van der Waals surface area contributed by atoms with Crippen LogP contribution in [0, 0.1) is 11.8 Å². The number of halogens is 1. The number of aromatic nitrogens is 1. The van der Waals surface area contributed by atoms with E-state index in [9.17, 15) is 0 Å². The standard InChI is InChI=1S/C14H20ClN3O2/c1-8-3-4-10(7-9(8)2)20-14-12(15)11(5-6-17-14)13(16)18-19/h5-6,8-10,19H,3-4,7H2,1-2H3,(H2,16,18). The maximum Gasteiger partial charge on any atom is 0.233 e. The minimum absolute atomic E-state index is 0.0483. The second-order valence-corrected chi connectivity index (χ2v) is 5.85. The first-order valence-corrected chi connectivity index (χ1v) is 7.19. The quantitative estimate of drug-likeness (QED) is 0.389. The molecule has 2 rings (SSSR count). The second kappa shape index (κ2) is 6.31. The highest BCUT2D eigenvalue weighted by Crippen LogP contribution is 2.33. The first-order chi connectivity index (χ1) is 9.52. The van der Waals surface area contributed by atoms with Crippen LogP contribution in [-0.2, 0) is 0 Å². The molecule has 0 amide bonds. The van der Waals surface area contributed by atoms with Gasteiger partial charge < -0.3 is 15.7 Å². The Bertz CT molecular complexity index is 507. The predicted octanol–water partition coefficient (Wildman–Crippen LogP) is 3.03. The summed E-state index contributed by atoms with van der Waals surface area (Å²) in [5.41, 5.74) is 6.00.